The van der Waals surface area contributed by atoms with E-state index in [-0.39, 0.29) is 0 Å². The Morgan fingerprint density at radius 3 is 1.88 bits per heavy atom. The molecule has 0 aliphatic heterocycles. The van der Waals surface area contributed by atoms with E-state index in [2.05, 4.69) is 14.5 Å². The van der Waals surface area contributed by atoms with E-state index in [4.69, 9.17) is 5.11 Å². The molecule has 0 fully saturated rings. The minimum absolute atomic E-state index is 1.11. The molecule has 0 aromatic carbocycles. The fraction of sp³-hybridized carbons (Fsp3) is 1.00. The summed E-state index contributed by atoms with van der Waals surface area (Å²) in [5.74, 6) is 0. The van der Waals surface area contributed by atoms with E-state index in [1.807, 2.05) is 0 Å². The average Bonchev–Trinajstić information content (AvgIpc) is 2.09. The molecule has 92 valence electrons. The molecule has 0 heterocycles. The van der Waals surface area contributed by atoms with Gasteiger partial charge in [0.1, 0.15) is 6.61 Å². The van der Waals surface area contributed by atoms with E-state index in [1.165, 1.54) is 0 Å². The summed E-state index contributed by atoms with van der Waals surface area (Å²) in [6.45, 7) is -1.11. The van der Waals surface area contributed by atoms with Crippen molar-refractivity contribution in [3.63, 3.8) is 0 Å². The van der Waals surface area contributed by atoms with Crippen LogP contribution in [0.25, 0.3) is 0 Å². The van der Waals surface area contributed by atoms with E-state index < -0.39 is 34.3 Å². The third-order valence-corrected chi connectivity index (χ3v) is 1.08. The monoisotopic (exact) mass is 243 g/mol. The molecule has 1 N–H and O–H groups in total. The van der Waals surface area contributed by atoms with Gasteiger partial charge in [-0.1, -0.05) is 0 Å². The summed E-state index contributed by atoms with van der Waals surface area (Å²) in [6.07, 6.45) is -4.41. The van der Waals surface area contributed by atoms with Gasteiger partial charge >= 0.3 is 0 Å². The maximum atomic E-state index is 9.87. The number of hydrogen-bond donors (Lipinski definition) is 1. The van der Waals surface area contributed by atoms with Crippen LogP contribution >= 0.6 is 0 Å². The molecule has 0 aliphatic rings. The fourth-order valence-electron chi connectivity index (χ4n) is 0.566. The van der Waals surface area contributed by atoms with Crippen LogP contribution in [0.15, 0.2) is 0 Å². The van der Waals surface area contributed by atoms with Gasteiger partial charge in [0.25, 0.3) is 15.3 Å². The summed E-state index contributed by atoms with van der Waals surface area (Å²) in [5.41, 5.74) is 0. The number of aliphatic hydroxyl groups excluding tert-OH is 1. The van der Waals surface area contributed by atoms with Crippen LogP contribution in [0.4, 0.5) is 0 Å². The van der Waals surface area contributed by atoms with Crippen molar-refractivity contribution in [3.05, 3.63) is 30.3 Å². The zero-order valence-electron chi connectivity index (χ0n) is 7.32. The Morgan fingerprint density at radius 2 is 1.50 bits per heavy atom. The van der Waals surface area contributed by atoms with Crippen molar-refractivity contribution in [2.45, 2.75) is 12.4 Å². The molecule has 13 heteroatoms. The Labute approximate surface area is 85.4 Å². The second kappa shape index (κ2) is 6.12. The number of aliphatic hydroxyl groups is 1. The summed E-state index contributed by atoms with van der Waals surface area (Å²) < 4.78 is 0. The zero-order chi connectivity index (χ0) is 12.7. The Bertz CT molecular complexity index is 278. The topological polar surface area (TPSA) is 177 Å². The lowest BCUT2D eigenvalue weighted by Crippen LogP contribution is -2.38. The Morgan fingerprint density at radius 1 is 1.00 bits per heavy atom. The zero-order valence-corrected chi connectivity index (χ0v) is 7.32. The van der Waals surface area contributed by atoms with Crippen molar-refractivity contribution in [1.29, 1.82) is 0 Å². The van der Waals surface area contributed by atoms with Crippen molar-refractivity contribution >= 4 is 0 Å². The second-order valence-electron chi connectivity index (χ2n) is 2.11. The molecule has 13 nitrogen and oxygen atoms in total. The quantitative estimate of drug-likeness (QED) is 0.293. The molecule has 0 saturated carbocycles. The molecule has 16 heavy (non-hydrogen) atoms. The standard InChI is InChI=1S/C3H5N3O10/c7-3(16-6(12)13)2(15-5(10)11)1-14-4(8)9/h2-3,7H,1H2. The number of rotatable bonds is 8. The van der Waals surface area contributed by atoms with Gasteiger partial charge in [0.2, 0.25) is 6.29 Å². The lowest BCUT2D eigenvalue weighted by Gasteiger charge is -2.17. The first kappa shape index (κ1) is 13.6. The van der Waals surface area contributed by atoms with E-state index in [0.717, 1.165) is 0 Å². The third-order valence-electron chi connectivity index (χ3n) is 1.08. The van der Waals surface area contributed by atoms with Gasteiger partial charge in [-0.15, -0.1) is 30.3 Å². The van der Waals surface area contributed by atoms with Crippen LogP contribution in [0.1, 0.15) is 0 Å². The van der Waals surface area contributed by atoms with Crippen molar-refractivity contribution in [3.8, 4) is 0 Å². The van der Waals surface area contributed by atoms with Crippen LogP contribution in [-0.4, -0.2) is 39.4 Å². The average molecular weight is 243 g/mol. The lowest BCUT2D eigenvalue weighted by molar-refractivity contribution is -0.818. The van der Waals surface area contributed by atoms with Crippen molar-refractivity contribution < 1.29 is 34.9 Å². The van der Waals surface area contributed by atoms with Crippen molar-refractivity contribution in [2.24, 2.45) is 0 Å². The summed E-state index contributed by atoms with van der Waals surface area (Å²) in [6, 6.07) is 0. The van der Waals surface area contributed by atoms with Gasteiger partial charge in [-0.3, -0.25) is 4.84 Å². The first-order valence-corrected chi connectivity index (χ1v) is 3.40. The van der Waals surface area contributed by atoms with Gasteiger partial charge < -0.3 is 14.8 Å². The third kappa shape index (κ3) is 6.08. The van der Waals surface area contributed by atoms with Gasteiger partial charge in [0.15, 0.2) is 6.10 Å². The van der Waals surface area contributed by atoms with Crippen LogP contribution in [0.2, 0.25) is 0 Å². The van der Waals surface area contributed by atoms with Crippen LogP contribution in [0.3, 0.4) is 0 Å². The summed E-state index contributed by atoms with van der Waals surface area (Å²) in [5, 5.41) is 34.0. The fourth-order valence-corrected chi connectivity index (χ4v) is 0.566. The molecule has 0 spiro atoms. The molecule has 0 aromatic rings. The molecular weight excluding hydrogens is 238 g/mol. The predicted octanol–water partition coefficient (Wildman–Crippen LogP) is -1.70. The van der Waals surface area contributed by atoms with Crippen LogP contribution in [0, 0.1) is 30.3 Å². The highest BCUT2D eigenvalue weighted by atomic mass is 17.0. The molecule has 0 radical (unpaired) electrons. The van der Waals surface area contributed by atoms with Crippen LogP contribution in [-0.2, 0) is 14.5 Å². The molecule has 0 amide bonds. The van der Waals surface area contributed by atoms with Gasteiger partial charge in [-0.05, 0) is 0 Å². The Kier molecular flexibility index (Phi) is 5.19. The molecule has 0 saturated heterocycles. The molecule has 2 atom stereocenters. The summed E-state index contributed by atoms with van der Waals surface area (Å²) in [4.78, 5) is 40.2. The summed E-state index contributed by atoms with van der Waals surface area (Å²) in [7, 11) is 0. The van der Waals surface area contributed by atoms with E-state index in [9.17, 15) is 30.3 Å². The van der Waals surface area contributed by atoms with Gasteiger partial charge in [0, 0.05) is 0 Å². The van der Waals surface area contributed by atoms with Crippen LogP contribution in [0.5, 0.6) is 0 Å². The highest BCUT2D eigenvalue weighted by Crippen LogP contribution is 2.03. The first-order valence-electron chi connectivity index (χ1n) is 3.40. The molecule has 0 rings (SSSR count). The highest BCUT2D eigenvalue weighted by Gasteiger charge is 2.27. The first-order chi connectivity index (χ1) is 7.32. The maximum Gasteiger partial charge on any atom is 0.297 e. The highest BCUT2D eigenvalue weighted by molar-refractivity contribution is 4.55. The molecule has 0 aliphatic carbocycles. The Balaban J connectivity index is 4.33. The van der Waals surface area contributed by atoms with E-state index in [1.54, 1.807) is 0 Å². The minimum atomic E-state index is -2.39. The SMILES string of the molecule is O=[N+]([O-])OCC(O[N+](=O)[O-])C(O)O[N+](=O)[O-]. The van der Waals surface area contributed by atoms with Gasteiger partial charge in [-0.2, -0.15) is 0 Å². The van der Waals surface area contributed by atoms with Gasteiger partial charge in [-0.25, -0.2) is 0 Å². The van der Waals surface area contributed by atoms with Gasteiger partial charge in [0.05, 0.1) is 0 Å². The molecule has 0 bridgehead atoms. The number of nitrogens with zero attached hydrogens (tertiary/aromatic N) is 3. The molecular formula is C3H5N3O10. The van der Waals surface area contributed by atoms with Crippen molar-refractivity contribution in [1.82, 2.24) is 0 Å². The Hall–Kier alpha value is -2.44. The predicted molar refractivity (Wildman–Crippen MR) is 38.9 cm³/mol. The lowest BCUT2D eigenvalue weighted by atomic mass is 10.4. The maximum absolute atomic E-state index is 9.87. The number of hydrogen-bond acceptors (Lipinski definition) is 10. The second-order valence-corrected chi connectivity index (χ2v) is 2.11. The smallest absolute Gasteiger partial charge is 0.297 e. The summed E-state index contributed by atoms with van der Waals surface area (Å²) >= 11 is 0. The molecule has 0 aromatic heterocycles. The van der Waals surface area contributed by atoms with E-state index >= 15 is 0 Å². The van der Waals surface area contributed by atoms with E-state index in [0.29, 0.717) is 0 Å². The van der Waals surface area contributed by atoms with Crippen LogP contribution < -0.4 is 0 Å². The normalized spacial score (nSPS) is 13.3. The van der Waals surface area contributed by atoms with Crippen molar-refractivity contribution in [2.75, 3.05) is 6.61 Å². The molecule has 2 unspecified atom stereocenters. The largest absolute Gasteiger partial charge is 0.367 e. The minimum Gasteiger partial charge on any atom is -0.367 e.